The summed E-state index contributed by atoms with van der Waals surface area (Å²) in [6.45, 7) is 0. The molecule has 1 heterocycles. The Morgan fingerprint density at radius 3 is 2.56 bits per heavy atom. The summed E-state index contributed by atoms with van der Waals surface area (Å²) in [6, 6.07) is 3.71. The zero-order chi connectivity index (χ0) is 20.1. The van der Waals surface area contributed by atoms with Crippen molar-refractivity contribution in [3.63, 3.8) is 0 Å². The highest BCUT2D eigenvalue weighted by Gasteiger charge is 2.40. The van der Waals surface area contributed by atoms with Crippen LogP contribution in [0.4, 0.5) is 0 Å². The van der Waals surface area contributed by atoms with E-state index in [2.05, 4.69) is 0 Å². The second-order valence-corrected chi connectivity index (χ2v) is 7.12. The van der Waals surface area contributed by atoms with Gasteiger partial charge in [0.15, 0.2) is 0 Å². The fourth-order valence-electron chi connectivity index (χ4n) is 2.45. The number of carbonyl (C=O) groups is 3. The Labute approximate surface area is 164 Å². The van der Waals surface area contributed by atoms with Gasteiger partial charge in [-0.1, -0.05) is 24.0 Å². The van der Waals surface area contributed by atoms with Gasteiger partial charge < -0.3 is 19.7 Å². The number of aliphatic carboxylic acids is 2. The van der Waals surface area contributed by atoms with Crippen molar-refractivity contribution in [3.05, 3.63) is 28.7 Å². The average Bonchev–Trinajstić information content (AvgIpc) is 2.89. The standard InChI is InChI=1S/C17H17NO7S2/c1-24-10-4-3-9(12(8-10)25-2)7-13-15(21)18(17(26)27-13)11(16(22)23)5-6-14(19)20/h3-4,7-8,11H,5-6H2,1-2H3,(H,19,20)(H,22,23)/b13-7+/t11-/m1/s1. The van der Waals surface area contributed by atoms with Crippen molar-refractivity contribution in [1.82, 2.24) is 4.90 Å². The Bertz CT molecular complexity index is 821. The van der Waals surface area contributed by atoms with Gasteiger partial charge in [0, 0.05) is 18.1 Å². The highest BCUT2D eigenvalue weighted by molar-refractivity contribution is 8.26. The van der Waals surface area contributed by atoms with E-state index < -0.39 is 23.9 Å². The molecule has 2 rings (SSSR count). The molecule has 0 spiro atoms. The molecule has 10 heteroatoms. The number of carbonyl (C=O) groups excluding carboxylic acids is 1. The van der Waals surface area contributed by atoms with E-state index in [1.54, 1.807) is 24.3 Å². The van der Waals surface area contributed by atoms with Crippen LogP contribution >= 0.6 is 24.0 Å². The fraction of sp³-hybridized carbons (Fsp3) is 0.294. The Kier molecular flexibility index (Phi) is 6.81. The summed E-state index contributed by atoms with van der Waals surface area (Å²) in [4.78, 5) is 36.2. The topological polar surface area (TPSA) is 113 Å². The highest BCUT2D eigenvalue weighted by atomic mass is 32.2. The molecule has 8 nitrogen and oxygen atoms in total. The molecule has 0 unspecified atom stereocenters. The van der Waals surface area contributed by atoms with Gasteiger partial charge >= 0.3 is 11.9 Å². The van der Waals surface area contributed by atoms with E-state index in [1.807, 2.05) is 0 Å². The molecule has 2 N–H and O–H groups in total. The van der Waals surface area contributed by atoms with E-state index in [0.29, 0.717) is 17.1 Å². The molecule has 0 saturated carbocycles. The maximum absolute atomic E-state index is 12.7. The lowest BCUT2D eigenvalue weighted by Gasteiger charge is -2.22. The third-order valence-corrected chi connectivity index (χ3v) is 5.11. The molecule has 0 bridgehead atoms. The van der Waals surface area contributed by atoms with Gasteiger partial charge in [-0.3, -0.25) is 14.5 Å². The number of methoxy groups -OCH3 is 2. The van der Waals surface area contributed by atoms with E-state index in [-0.39, 0.29) is 22.1 Å². The minimum Gasteiger partial charge on any atom is -0.497 e. The van der Waals surface area contributed by atoms with E-state index in [4.69, 9.17) is 26.8 Å². The Hall–Kier alpha value is -2.59. The van der Waals surface area contributed by atoms with Crippen molar-refractivity contribution >= 4 is 52.2 Å². The number of benzene rings is 1. The van der Waals surface area contributed by atoms with Crippen LogP contribution in [-0.2, 0) is 14.4 Å². The van der Waals surface area contributed by atoms with Crippen molar-refractivity contribution in [2.75, 3.05) is 14.2 Å². The quantitative estimate of drug-likeness (QED) is 0.491. The number of thioether (sulfide) groups is 1. The van der Waals surface area contributed by atoms with Gasteiger partial charge in [0.1, 0.15) is 21.9 Å². The van der Waals surface area contributed by atoms with Gasteiger partial charge in [-0.15, -0.1) is 0 Å². The first-order chi connectivity index (χ1) is 12.8. The molecular formula is C17H17NO7S2. The van der Waals surface area contributed by atoms with E-state index in [1.165, 1.54) is 14.2 Å². The van der Waals surface area contributed by atoms with Crippen LogP contribution in [0.1, 0.15) is 18.4 Å². The maximum atomic E-state index is 12.7. The number of amides is 1. The minimum absolute atomic E-state index is 0.0662. The van der Waals surface area contributed by atoms with Crippen LogP contribution in [-0.4, -0.2) is 57.5 Å². The molecule has 27 heavy (non-hydrogen) atoms. The van der Waals surface area contributed by atoms with Gasteiger partial charge in [0.05, 0.1) is 19.1 Å². The van der Waals surface area contributed by atoms with Gasteiger partial charge in [-0.25, -0.2) is 4.79 Å². The van der Waals surface area contributed by atoms with E-state index in [9.17, 15) is 19.5 Å². The zero-order valence-electron chi connectivity index (χ0n) is 14.5. The first kappa shape index (κ1) is 20.7. The molecule has 1 saturated heterocycles. The number of thiocarbonyl (C=S) groups is 1. The predicted molar refractivity (Wildman–Crippen MR) is 103 cm³/mol. The van der Waals surface area contributed by atoms with Crippen molar-refractivity contribution in [1.29, 1.82) is 0 Å². The van der Waals surface area contributed by atoms with Crippen LogP contribution in [0.5, 0.6) is 11.5 Å². The first-order valence-corrected chi connectivity index (χ1v) is 8.94. The molecule has 1 aliphatic rings. The summed E-state index contributed by atoms with van der Waals surface area (Å²) < 4.78 is 10.5. The Morgan fingerprint density at radius 1 is 1.30 bits per heavy atom. The highest BCUT2D eigenvalue weighted by Crippen LogP contribution is 2.36. The molecule has 0 radical (unpaired) electrons. The summed E-state index contributed by atoms with van der Waals surface area (Å²) in [6.07, 6.45) is 0.920. The number of carboxylic acids is 2. The number of hydrogen-bond donors (Lipinski definition) is 2. The lowest BCUT2D eigenvalue weighted by atomic mass is 10.1. The SMILES string of the molecule is COc1ccc(/C=C2/SC(=S)N([C@H](CCC(=O)O)C(=O)O)C2=O)c(OC)c1. The summed E-state index contributed by atoms with van der Waals surface area (Å²) in [5.74, 6) is -1.99. The molecule has 144 valence electrons. The van der Waals surface area contributed by atoms with Crippen LogP contribution < -0.4 is 9.47 Å². The number of carboxylic acid groups (broad SMARTS) is 2. The van der Waals surface area contributed by atoms with Gasteiger partial charge in [0.25, 0.3) is 5.91 Å². The molecule has 0 aliphatic carbocycles. The molecular weight excluding hydrogens is 394 g/mol. The predicted octanol–water partition coefficient (Wildman–Crippen LogP) is 2.22. The van der Waals surface area contributed by atoms with Gasteiger partial charge in [-0.2, -0.15) is 0 Å². The lowest BCUT2D eigenvalue weighted by Crippen LogP contribution is -2.44. The fourth-order valence-corrected chi connectivity index (χ4v) is 3.80. The third-order valence-electron chi connectivity index (χ3n) is 3.78. The molecule has 1 aromatic carbocycles. The van der Waals surface area contributed by atoms with Gasteiger partial charge in [0.2, 0.25) is 0 Å². The van der Waals surface area contributed by atoms with Crippen molar-refractivity contribution in [2.24, 2.45) is 0 Å². The molecule has 1 aromatic rings. The molecule has 1 atom stereocenters. The van der Waals surface area contributed by atoms with Crippen LogP contribution in [0.15, 0.2) is 23.1 Å². The number of hydrogen-bond acceptors (Lipinski definition) is 7. The van der Waals surface area contributed by atoms with E-state index in [0.717, 1.165) is 16.7 Å². The van der Waals surface area contributed by atoms with Crippen molar-refractivity contribution in [2.45, 2.75) is 18.9 Å². The summed E-state index contributed by atoms with van der Waals surface area (Å²) in [5.41, 5.74) is 0.594. The average molecular weight is 411 g/mol. The summed E-state index contributed by atoms with van der Waals surface area (Å²) >= 11 is 6.11. The van der Waals surface area contributed by atoms with Crippen LogP contribution in [0, 0.1) is 0 Å². The van der Waals surface area contributed by atoms with Gasteiger partial charge in [-0.05, 0) is 24.6 Å². The van der Waals surface area contributed by atoms with Crippen molar-refractivity contribution < 1.29 is 34.1 Å². The first-order valence-electron chi connectivity index (χ1n) is 7.72. The van der Waals surface area contributed by atoms with Crippen LogP contribution in [0.2, 0.25) is 0 Å². The maximum Gasteiger partial charge on any atom is 0.326 e. The van der Waals surface area contributed by atoms with Crippen LogP contribution in [0.25, 0.3) is 6.08 Å². The van der Waals surface area contributed by atoms with Crippen molar-refractivity contribution in [3.8, 4) is 11.5 Å². The van der Waals surface area contributed by atoms with Crippen LogP contribution in [0.3, 0.4) is 0 Å². The molecule has 1 aliphatic heterocycles. The minimum atomic E-state index is -1.34. The number of nitrogens with zero attached hydrogens (tertiary/aromatic N) is 1. The molecule has 1 fully saturated rings. The Morgan fingerprint density at radius 2 is 2.00 bits per heavy atom. The second kappa shape index (κ2) is 8.87. The lowest BCUT2D eigenvalue weighted by molar-refractivity contribution is -0.146. The number of rotatable bonds is 8. The third kappa shape index (κ3) is 4.77. The normalized spacial score (nSPS) is 16.5. The second-order valence-electron chi connectivity index (χ2n) is 5.45. The molecule has 0 aromatic heterocycles. The summed E-state index contributed by atoms with van der Waals surface area (Å²) in [7, 11) is 2.99. The zero-order valence-corrected chi connectivity index (χ0v) is 16.1. The Balaban J connectivity index is 2.33. The largest absolute Gasteiger partial charge is 0.497 e. The summed E-state index contributed by atoms with van der Waals surface area (Å²) in [5, 5.41) is 18.2. The van der Waals surface area contributed by atoms with E-state index >= 15 is 0 Å². The smallest absolute Gasteiger partial charge is 0.326 e. The number of ether oxygens (including phenoxy) is 2. The molecule has 1 amide bonds. The monoisotopic (exact) mass is 411 g/mol.